The van der Waals surface area contributed by atoms with Gasteiger partial charge < -0.3 is 4.42 Å². The van der Waals surface area contributed by atoms with E-state index in [1.54, 1.807) is 13.0 Å². The summed E-state index contributed by atoms with van der Waals surface area (Å²) in [7, 11) is -3.60. The van der Waals surface area contributed by atoms with Crippen LogP contribution in [0.4, 0.5) is 0 Å². The largest absolute Gasteiger partial charge is 0.459 e. The molecule has 4 nitrogen and oxygen atoms in total. The van der Waals surface area contributed by atoms with Crippen LogP contribution in [0.15, 0.2) is 51.1 Å². The van der Waals surface area contributed by atoms with Crippen molar-refractivity contribution in [1.82, 2.24) is 4.72 Å². The molecule has 110 valence electrons. The highest BCUT2D eigenvalue weighted by atomic mass is 35.5. The van der Waals surface area contributed by atoms with Crippen molar-refractivity contribution in [2.45, 2.75) is 17.2 Å². The predicted molar refractivity (Wildman–Crippen MR) is 84.3 cm³/mol. The smallest absolute Gasteiger partial charge is 0.250 e. The fourth-order valence-electron chi connectivity index (χ4n) is 2.01. The minimum atomic E-state index is -3.60. The number of benzene rings is 1. The van der Waals surface area contributed by atoms with E-state index in [1.807, 2.05) is 30.3 Å². The van der Waals surface area contributed by atoms with Gasteiger partial charge in [-0.05, 0) is 31.2 Å². The molecule has 3 rings (SSSR count). The third-order valence-corrected chi connectivity index (χ3v) is 6.28. The van der Waals surface area contributed by atoms with Gasteiger partial charge in [-0.1, -0.05) is 29.8 Å². The summed E-state index contributed by atoms with van der Waals surface area (Å²) < 4.78 is 33.4. The molecule has 0 spiro atoms. The summed E-state index contributed by atoms with van der Waals surface area (Å²) in [5, 5.41) is 0.942. The van der Waals surface area contributed by atoms with E-state index in [-0.39, 0.29) is 4.21 Å². The van der Waals surface area contributed by atoms with Gasteiger partial charge in [0.1, 0.15) is 15.6 Å². The highest BCUT2D eigenvalue weighted by molar-refractivity contribution is 7.91. The number of hydrogen-bond donors (Lipinski definition) is 1. The quantitative estimate of drug-likeness (QED) is 0.774. The van der Waals surface area contributed by atoms with Crippen LogP contribution in [0.1, 0.15) is 18.7 Å². The molecular weight excluding hydrogens is 330 g/mol. The van der Waals surface area contributed by atoms with E-state index in [0.717, 1.165) is 22.3 Å². The van der Waals surface area contributed by atoms with Gasteiger partial charge in [-0.15, -0.1) is 11.3 Å². The number of halogens is 1. The lowest BCUT2D eigenvalue weighted by Crippen LogP contribution is -2.25. The van der Waals surface area contributed by atoms with Gasteiger partial charge >= 0.3 is 0 Å². The summed E-state index contributed by atoms with van der Waals surface area (Å²) in [5.74, 6) is 0.572. The summed E-state index contributed by atoms with van der Waals surface area (Å²) in [6.07, 6.45) is 0. The Bertz CT molecular complexity index is 849. The Morgan fingerprint density at radius 2 is 2.00 bits per heavy atom. The number of rotatable bonds is 4. The number of furan rings is 1. The maximum absolute atomic E-state index is 12.2. The summed E-state index contributed by atoms with van der Waals surface area (Å²) in [6.45, 7) is 1.74. The Balaban J connectivity index is 1.87. The molecule has 0 radical (unpaired) electrons. The first kappa shape index (κ1) is 14.6. The molecule has 0 bridgehead atoms. The molecule has 1 N–H and O–H groups in total. The summed E-state index contributed by atoms with van der Waals surface area (Å²) in [6, 6.07) is 12.0. The average molecular weight is 342 g/mol. The van der Waals surface area contributed by atoms with E-state index in [1.165, 1.54) is 6.07 Å². The van der Waals surface area contributed by atoms with Crippen molar-refractivity contribution in [3.8, 4) is 0 Å². The SMILES string of the molecule is CC(NS(=O)(=O)c1ccc(Cl)s1)c1cc2ccccc2o1. The molecule has 1 atom stereocenters. The van der Waals surface area contributed by atoms with Crippen molar-refractivity contribution >= 4 is 43.9 Å². The second-order valence-electron chi connectivity index (χ2n) is 4.59. The number of sulfonamides is 1. The Labute approximate surface area is 131 Å². The van der Waals surface area contributed by atoms with Crippen LogP contribution in [-0.2, 0) is 10.0 Å². The van der Waals surface area contributed by atoms with Crippen molar-refractivity contribution in [1.29, 1.82) is 0 Å². The Morgan fingerprint density at radius 3 is 2.67 bits per heavy atom. The van der Waals surface area contributed by atoms with Crippen LogP contribution < -0.4 is 4.72 Å². The van der Waals surface area contributed by atoms with E-state index < -0.39 is 16.1 Å². The molecule has 21 heavy (non-hydrogen) atoms. The lowest BCUT2D eigenvalue weighted by atomic mass is 10.2. The normalized spacial score (nSPS) is 13.6. The summed E-state index contributed by atoms with van der Waals surface area (Å²) >= 11 is 6.80. The minimum Gasteiger partial charge on any atom is -0.459 e. The zero-order chi connectivity index (χ0) is 15.0. The van der Waals surface area contributed by atoms with E-state index >= 15 is 0 Å². The number of fused-ring (bicyclic) bond motifs is 1. The van der Waals surface area contributed by atoms with Crippen molar-refractivity contribution in [2.75, 3.05) is 0 Å². The molecule has 3 aromatic rings. The van der Waals surface area contributed by atoms with Gasteiger partial charge in [0.2, 0.25) is 0 Å². The predicted octanol–water partition coefficient (Wildman–Crippen LogP) is 4.19. The first-order valence-corrected chi connectivity index (χ1v) is 8.89. The van der Waals surface area contributed by atoms with Gasteiger partial charge in [-0.2, -0.15) is 0 Å². The first-order valence-electron chi connectivity index (χ1n) is 6.22. The molecule has 0 fully saturated rings. The molecule has 2 heterocycles. The van der Waals surface area contributed by atoms with Crippen molar-refractivity contribution in [3.05, 3.63) is 52.6 Å². The highest BCUT2D eigenvalue weighted by Crippen LogP contribution is 2.28. The van der Waals surface area contributed by atoms with Crippen LogP contribution >= 0.6 is 22.9 Å². The van der Waals surface area contributed by atoms with Crippen LogP contribution in [-0.4, -0.2) is 8.42 Å². The summed E-state index contributed by atoms with van der Waals surface area (Å²) in [4.78, 5) is 0. The molecule has 0 aliphatic heterocycles. The molecule has 0 saturated heterocycles. The standard InChI is InChI=1S/C14H12ClNO3S2/c1-9(12-8-10-4-2-3-5-11(10)19-12)16-21(17,18)14-7-6-13(15)20-14/h2-9,16H,1H3. The number of thiophene rings is 1. The number of para-hydroxylation sites is 1. The molecule has 0 aliphatic carbocycles. The molecule has 7 heteroatoms. The molecule has 0 aliphatic rings. The number of hydrogen-bond acceptors (Lipinski definition) is 4. The van der Waals surface area contributed by atoms with E-state index in [4.69, 9.17) is 16.0 Å². The van der Waals surface area contributed by atoms with Crippen molar-refractivity contribution in [2.24, 2.45) is 0 Å². The fraction of sp³-hybridized carbons (Fsp3) is 0.143. The zero-order valence-electron chi connectivity index (χ0n) is 11.0. The molecular formula is C14H12ClNO3S2. The van der Waals surface area contributed by atoms with Crippen LogP contribution in [0.5, 0.6) is 0 Å². The fourth-order valence-corrected chi connectivity index (χ4v) is 4.72. The first-order chi connectivity index (χ1) is 9.95. The monoisotopic (exact) mass is 341 g/mol. The lowest BCUT2D eigenvalue weighted by molar-refractivity contribution is 0.485. The van der Waals surface area contributed by atoms with Crippen LogP contribution in [0.2, 0.25) is 4.34 Å². The summed E-state index contributed by atoms with van der Waals surface area (Å²) in [5.41, 5.74) is 0.734. The second-order valence-corrected chi connectivity index (χ2v) is 8.24. The van der Waals surface area contributed by atoms with E-state index in [0.29, 0.717) is 10.1 Å². The van der Waals surface area contributed by atoms with Gasteiger partial charge in [0.15, 0.2) is 0 Å². The van der Waals surface area contributed by atoms with Crippen LogP contribution in [0.3, 0.4) is 0 Å². The molecule has 1 aromatic carbocycles. The maximum Gasteiger partial charge on any atom is 0.250 e. The third kappa shape index (κ3) is 2.98. The van der Waals surface area contributed by atoms with Crippen LogP contribution in [0.25, 0.3) is 11.0 Å². The Kier molecular flexibility index (Phi) is 3.79. The van der Waals surface area contributed by atoms with Gasteiger partial charge in [-0.3, -0.25) is 0 Å². The maximum atomic E-state index is 12.2. The van der Waals surface area contributed by atoms with E-state index in [9.17, 15) is 8.42 Å². The highest BCUT2D eigenvalue weighted by Gasteiger charge is 2.22. The van der Waals surface area contributed by atoms with Gasteiger partial charge in [0.05, 0.1) is 10.4 Å². The Morgan fingerprint density at radius 1 is 1.24 bits per heavy atom. The number of nitrogens with one attached hydrogen (secondary N) is 1. The van der Waals surface area contributed by atoms with Gasteiger partial charge in [0.25, 0.3) is 10.0 Å². The second kappa shape index (κ2) is 5.46. The molecule has 0 saturated carbocycles. The van der Waals surface area contributed by atoms with Gasteiger partial charge in [0, 0.05) is 5.39 Å². The topological polar surface area (TPSA) is 59.3 Å². The van der Waals surface area contributed by atoms with Crippen LogP contribution in [0, 0.1) is 0 Å². The minimum absolute atomic E-state index is 0.190. The molecule has 2 aromatic heterocycles. The van der Waals surface area contributed by atoms with Crippen molar-refractivity contribution < 1.29 is 12.8 Å². The average Bonchev–Trinajstić information content (AvgIpc) is 3.04. The lowest BCUT2D eigenvalue weighted by Gasteiger charge is -2.10. The third-order valence-electron chi connectivity index (χ3n) is 3.02. The van der Waals surface area contributed by atoms with E-state index in [2.05, 4.69) is 4.72 Å². The van der Waals surface area contributed by atoms with Crippen molar-refractivity contribution in [3.63, 3.8) is 0 Å². The molecule has 1 unspecified atom stereocenters. The molecule has 0 amide bonds. The van der Waals surface area contributed by atoms with Gasteiger partial charge in [-0.25, -0.2) is 13.1 Å². The Hall–Kier alpha value is -1.34. The zero-order valence-corrected chi connectivity index (χ0v) is 13.4.